The minimum absolute atomic E-state index is 0.0440. The number of benzene rings is 1. The summed E-state index contributed by atoms with van der Waals surface area (Å²) in [5, 5.41) is 0. The summed E-state index contributed by atoms with van der Waals surface area (Å²) in [6.45, 7) is 6.49. The Bertz CT molecular complexity index is 814. The molecule has 8 heteroatoms. The van der Waals surface area contributed by atoms with Gasteiger partial charge in [-0.3, -0.25) is 0 Å². The number of hydrogen-bond acceptors (Lipinski definition) is 3. The first-order valence-electron chi connectivity index (χ1n) is 7.71. The maximum absolute atomic E-state index is 14.3. The number of aryl methyl sites for hydroxylation is 1. The number of carbonyl (C=O) groups excluding carboxylic acids is 1. The average Bonchev–Trinajstić information content (AvgIpc) is 2.46. The van der Waals surface area contributed by atoms with Gasteiger partial charge in [0.25, 0.3) is 0 Å². The summed E-state index contributed by atoms with van der Waals surface area (Å²) >= 11 is 0. The molecule has 26 heavy (non-hydrogen) atoms. The Balaban J connectivity index is 2.63. The van der Waals surface area contributed by atoms with Crippen LogP contribution >= 0.6 is 0 Å². The quantitative estimate of drug-likeness (QED) is 0.644. The average molecular weight is 370 g/mol. The summed E-state index contributed by atoms with van der Waals surface area (Å²) in [5.74, 6) is -1.05. The molecular formula is C18H18F4N2O2. The molecule has 2 aromatic rings. The van der Waals surface area contributed by atoms with Crippen LogP contribution in [0.15, 0.2) is 36.5 Å². The van der Waals surface area contributed by atoms with Gasteiger partial charge in [0.1, 0.15) is 17.2 Å². The number of carbonyl (C=O) groups is 1. The van der Waals surface area contributed by atoms with Gasteiger partial charge in [-0.1, -0.05) is 0 Å². The van der Waals surface area contributed by atoms with Crippen molar-refractivity contribution < 1.29 is 27.1 Å². The number of amides is 1. The van der Waals surface area contributed by atoms with E-state index in [1.165, 1.54) is 12.3 Å². The number of alkyl halides is 3. The van der Waals surface area contributed by atoms with Crippen LogP contribution in [0.2, 0.25) is 0 Å². The first-order chi connectivity index (χ1) is 11.9. The number of nitrogens with zero attached hydrogens (tertiary/aromatic N) is 2. The third-order valence-corrected chi connectivity index (χ3v) is 3.22. The first kappa shape index (κ1) is 19.7. The van der Waals surface area contributed by atoms with Crippen molar-refractivity contribution in [2.75, 3.05) is 4.90 Å². The molecule has 0 spiro atoms. The largest absolute Gasteiger partial charge is 0.443 e. The van der Waals surface area contributed by atoms with E-state index >= 15 is 0 Å². The second-order valence-corrected chi connectivity index (χ2v) is 6.67. The number of ether oxygens (including phenoxy) is 1. The lowest BCUT2D eigenvalue weighted by Gasteiger charge is -2.27. The van der Waals surface area contributed by atoms with Crippen molar-refractivity contribution in [2.24, 2.45) is 0 Å². The Kier molecular flexibility index (Phi) is 5.25. The monoisotopic (exact) mass is 370 g/mol. The van der Waals surface area contributed by atoms with Crippen molar-refractivity contribution >= 4 is 17.6 Å². The molecule has 0 aliphatic heterocycles. The molecular weight excluding hydrogens is 352 g/mol. The standard InChI is InChI=1S/C18H18F4N2O2/c1-11-7-8-23-15(9-11)24(16(25)26-17(2,3)4)14-10-12(18(20,21)22)5-6-13(14)19/h5-10H,1-4H3. The predicted molar refractivity (Wildman–Crippen MR) is 88.7 cm³/mol. The fourth-order valence-electron chi connectivity index (χ4n) is 2.13. The Morgan fingerprint density at radius 1 is 1.12 bits per heavy atom. The van der Waals surface area contributed by atoms with Gasteiger partial charge in [0.15, 0.2) is 0 Å². The van der Waals surface area contributed by atoms with E-state index in [1.807, 2.05) is 0 Å². The van der Waals surface area contributed by atoms with E-state index in [0.29, 0.717) is 28.7 Å². The van der Waals surface area contributed by atoms with Crippen LogP contribution in [0.25, 0.3) is 0 Å². The molecule has 2 rings (SSSR count). The fourth-order valence-corrected chi connectivity index (χ4v) is 2.13. The third-order valence-electron chi connectivity index (χ3n) is 3.22. The summed E-state index contributed by atoms with van der Waals surface area (Å²) in [6.07, 6.45) is -4.36. The number of halogens is 4. The SMILES string of the molecule is Cc1ccnc(N(C(=O)OC(C)(C)C)c2cc(C(F)(F)F)ccc2F)c1. The normalized spacial score (nSPS) is 12.0. The highest BCUT2D eigenvalue weighted by Crippen LogP contribution is 2.35. The van der Waals surface area contributed by atoms with Crippen molar-refractivity contribution in [3.05, 3.63) is 53.5 Å². The lowest BCUT2D eigenvalue weighted by molar-refractivity contribution is -0.137. The molecule has 0 N–H and O–H groups in total. The molecule has 0 bridgehead atoms. The zero-order valence-corrected chi connectivity index (χ0v) is 14.7. The predicted octanol–water partition coefficient (Wildman–Crippen LogP) is 5.62. The molecule has 140 valence electrons. The van der Waals surface area contributed by atoms with Gasteiger partial charge in [0.05, 0.1) is 11.3 Å². The smallest absolute Gasteiger partial charge is 0.420 e. The molecule has 4 nitrogen and oxygen atoms in total. The highest BCUT2D eigenvalue weighted by molar-refractivity contribution is 5.95. The molecule has 1 aromatic heterocycles. The zero-order valence-electron chi connectivity index (χ0n) is 14.7. The maximum atomic E-state index is 14.3. The summed E-state index contributed by atoms with van der Waals surface area (Å²) in [4.78, 5) is 17.3. The fraction of sp³-hybridized carbons (Fsp3) is 0.333. The number of aromatic nitrogens is 1. The first-order valence-corrected chi connectivity index (χ1v) is 7.71. The molecule has 0 aliphatic carbocycles. The molecule has 0 aliphatic rings. The summed E-state index contributed by atoms with van der Waals surface area (Å²) in [7, 11) is 0. The lowest BCUT2D eigenvalue weighted by atomic mass is 10.1. The topological polar surface area (TPSA) is 42.4 Å². The van der Waals surface area contributed by atoms with Gasteiger partial charge < -0.3 is 4.74 Å². The summed E-state index contributed by atoms with van der Waals surface area (Å²) in [5.41, 5.74) is -1.92. The van der Waals surface area contributed by atoms with Crippen molar-refractivity contribution in [1.82, 2.24) is 4.98 Å². The van der Waals surface area contributed by atoms with E-state index < -0.39 is 34.9 Å². The van der Waals surface area contributed by atoms with Gasteiger partial charge in [0.2, 0.25) is 0 Å². The lowest BCUT2D eigenvalue weighted by Crippen LogP contribution is -2.35. The Morgan fingerprint density at radius 2 is 1.77 bits per heavy atom. The van der Waals surface area contributed by atoms with Gasteiger partial charge in [-0.25, -0.2) is 19.1 Å². The zero-order chi connectivity index (χ0) is 19.7. The van der Waals surface area contributed by atoms with Crippen LogP contribution in [0.1, 0.15) is 31.9 Å². The molecule has 1 aromatic carbocycles. The Morgan fingerprint density at radius 3 is 2.31 bits per heavy atom. The Hall–Kier alpha value is -2.64. The molecule has 0 fully saturated rings. The van der Waals surface area contributed by atoms with Crippen LogP contribution in [0.3, 0.4) is 0 Å². The number of rotatable bonds is 2. The van der Waals surface area contributed by atoms with E-state index in [9.17, 15) is 22.4 Å². The van der Waals surface area contributed by atoms with Crippen LogP contribution in [0.5, 0.6) is 0 Å². The van der Waals surface area contributed by atoms with Crippen molar-refractivity contribution in [1.29, 1.82) is 0 Å². The van der Waals surface area contributed by atoms with E-state index in [2.05, 4.69) is 4.98 Å². The van der Waals surface area contributed by atoms with E-state index in [0.717, 1.165) is 0 Å². The van der Waals surface area contributed by atoms with Crippen LogP contribution in [0.4, 0.5) is 33.9 Å². The highest BCUT2D eigenvalue weighted by Gasteiger charge is 2.34. The van der Waals surface area contributed by atoms with E-state index in [-0.39, 0.29) is 5.82 Å². The maximum Gasteiger partial charge on any atom is 0.420 e. The van der Waals surface area contributed by atoms with Crippen molar-refractivity contribution in [3.63, 3.8) is 0 Å². The van der Waals surface area contributed by atoms with E-state index in [4.69, 9.17) is 4.74 Å². The number of anilines is 2. The second kappa shape index (κ2) is 6.93. The van der Waals surface area contributed by atoms with Crippen LogP contribution in [0, 0.1) is 12.7 Å². The summed E-state index contributed by atoms with van der Waals surface area (Å²) < 4.78 is 58.7. The molecule has 1 amide bonds. The van der Waals surface area contributed by atoms with E-state index in [1.54, 1.807) is 33.8 Å². The van der Waals surface area contributed by atoms with Crippen molar-refractivity contribution in [2.45, 2.75) is 39.5 Å². The van der Waals surface area contributed by atoms with Crippen molar-refractivity contribution in [3.8, 4) is 0 Å². The van der Waals surface area contributed by atoms with Gasteiger partial charge in [0, 0.05) is 6.20 Å². The van der Waals surface area contributed by atoms with Crippen LogP contribution in [-0.4, -0.2) is 16.7 Å². The minimum Gasteiger partial charge on any atom is -0.443 e. The molecule has 1 heterocycles. The molecule has 0 saturated heterocycles. The van der Waals surface area contributed by atoms with Crippen LogP contribution in [-0.2, 0) is 10.9 Å². The molecule has 0 atom stereocenters. The number of pyridine rings is 1. The third kappa shape index (κ3) is 4.71. The van der Waals surface area contributed by atoms with Gasteiger partial charge >= 0.3 is 12.3 Å². The molecule has 0 unspecified atom stereocenters. The molecule has 0 radical (unpaired) electrons. The van der Waals surface area contributed by atoms with Gasteiger partial charge in [-0.05, 0) is 63.6 Å². The highest BCUT2D eigenvalue weighted by atomic mass is 19.4. The Labute approximate surface area is 148 Å². The number of hydrogen-bond donors (Lipinski definition) is 0. The summed E-state index contributed by atoms with van der Waals surface area (Å²) in [6, 6.07) is 4.91. The van der Waals surface area contributed by atoms with Gasteiger partial charge in [-0.15, -0.1) is 0 Å². The van der Waals surface area contributed by atoms with Gasteiger partial charge in [-0.2, -0.15) is 13.2 Å². The second-order valence-electron chi connectivity index (χ2n) is 6.67. The minimum atomic E-state index is -4.69. The molecule has 0 saturated carbocycles. The van der Waals surface area contributed by atoms with Crippen LogP contribution < -0.4 is 4.90 Å².